The highest BCUT2D eigenvalue weighted by Gasteiger charge is 2.44. The first-order chi connectivity index (χ1) is 11.2. The van der Waals surface area contributed by atoms with Gasteiger partial charge in [-0.15, -0.1) is 0 Å². The van der Waals surface area contributed by atoms with Crippen molar-refractivity contribution in [3.63, 3.8) is 0 Å². The molecule has 0 aliphatic heterocycles. The van der Waals surface area contributed by atoms with Gasteiger partial charge in [-0.1, -0.05) is 38.8 Å². The first-order valence-corrected chi connectivity index (χ1v) is 8.56. The van der Waals surface area contributed by atoms with Crippen molar-refractivity contribution in [1.82, 2.24) is 4.90 Å². The van der Waals surface area contributed by atoms with Gasteiger partial charge in [-0.05, 0) is 43.6 Å². The lowest BCUT2D eigenvalue weighted by Gasteiger charge is -2.28. The van der Waals surface area contributed by atoms with Crippen LogP contribution >= 0.6 is 0 Å². The smallest absolute Gasteiger partial charge is 0.316 e. The number of esters is 1. The standard InChI is InChI=1S/C19H26N2O2/c1-3-21(4-2)13-14-23-18(22)19(11-5-6-12-19)17-9-7-16(15-20)8-10-17/h7-10H,3-6,11-14H2,1-2H3. The molecule has 0 saturated heterocycles. The third-order valence-electron chi connectivity index (χ3n) is 4.95. The Labute approximate surface area is 139 Å². The van der Waals surface area contributed by atoms with Crippen molar-refractivity contribution in [2.45, 2.75) is 44.9 Å². The number of nitriles is 1. The van der Waals surface area contributed by atoms with Gasteiger partial charge in [-0.3, -0.25) is 4.79 Å². The van der Waals surface area contributed by atoms with Crippen LogP contribution in [0, 0.1) is 11.3 Å². The van der Waals surface area contributed by atoms with Gasteiger partial charge in [0.25, 0.3) is 0 Å². The SMILES string of the molecule is CCN(CC)CCOC(=O)C1(c2ccc(C#N)cc2)CCCC1. The fraction of sp³-hybridized carbons (Fsp3) is 0.579. The summed E-state index contributed by atoms with van der Waals surface area (Å²) in [4.78, 5) is 15.0. The Bertz CT molecular complexity index is 550. The van der Waals surface area contributed by atoms with Crippen LogP contribution in [-0.4, -0.2) is 37.1 Å². The number of ether oxygens (including phenoxy) is 1. The molecule has 0 bridgehead atoms. The summed E-state index contributed by atoms with van der Waals surface area (Å²) in [6, 6.07) is 9.53. The normalized spacial score (nSPS) is 16.3. The van der Waals surface area contributed by atoms with E-state index in [1.54, 1.807) is 12.1 Å². The lowest BCUT2D eigenvalue weighted by molar-refractivity contribution is -0.151. The highest BCUT2D eigenvalue weighted by Crippen LogP contribution is 2.42. The van der Waals surface area contributed by atoms with Crippen LogP contribution in [0.2, 0.25) is 0 Å². The Morgan fingerprint density at radius 2 is 1.83 bits per heavy atom. The zero-order valence-electron chi connectivity index (χ0n) is 14.2. The summed E-state index contributed by atoms with van der Waals surface area (Å²) >= 11 is 0. The van der Waals surface area contributed by atoms with Crippen molar-refractivity contribution in [2.75, 3.05) is 26.2 Å². The second-order valence-corrected chi connectivity index (χ2v) is 6.14. The average molecular weight is 314 g/mol. The van der Waals surface area contributed by atoms with Crippen LogP contribution in [0.3, 0.4) is 0 Å². The number of carbonyl (C=O) groups excluding carboxylic acids is 1. The molecule has 4 heteroatoms. The monoisotopic (exact) mass is 314 g/mol. The van der Waals surface area contributed by atoms with Crippen LogP contribution in [0.5, 0.6) is 0 Å². The molecule has 1 fully saturated rings. The first kappa shape index (κ1) is 17.5. The Morgan fingerprint density at radius 1 is 1.22 bits per heavy atom. The van der Waals surface area contributed by atoms with Gasteiger partial charge in [0, 0.05) is 6.54 Å². The summed E-state index contributed by atoms with van der Waals surface area (Å²) in [6.07, 6.45) is 3.77. The Kier molecular flexibility index (Phi) is 6.18. The molecule has 4 nitrogen and oxygen atoms in total. The number of hydrogen-bond donors (Lipinski definition) is 0. The van der Waals surface area contributed by atoms with E-state index in [9.17, 15) is 4.79 Å². The Morgan fingerprint density at radius 3 is 2.35 bits per heavy atom. The van der Waals surface area contributed by atoms with E-state index in [0.717, 1.165) is 50.9 Å². The van der Waals surface area contributed by atoms with Gasteiger partial charge in [0.15, 0.2) is 0 Å². The summed E-state index contributed by atoms with van der Waals surface area (Å²) in [5.74, 6) is -0.105. The van der Waals surface area contributed by atoms with Gasteiger partial charge in [-0.2, -0.15) is 5.26 Å². The van der Waals surface area contributed by atoms with E-state index < -0.39 is 5.41 Å². The summed E-state index contributed by atoms with van der Waals surface area (Å²) in [6.45, 7) is 7.38. The first-order valence-electron chi connectivity index (χ1n) is 8.56. The average Bonchev–Trinajstić information content (AvgIpc) is 3.10. The van der Waals surface area contributed by atoms with Crippen molar-refractivity contribution in [3.8, 4) is 6.07 Å². The summed E-state index contributed by atoms with van der Waals surface area (Å²) in [7, 11) is 0. The number of nitrogens with zero attached hydrogens (tertiary/aromatic N) is 2. The minimum absolute atomic E-state index is 0.105. The predicted octanol–water partition coefficient (Wildman–Crippen LogP) is 3.26. The minimum Gasteiger partial charge on any atom is -0.464 e. The third-order valence-corrected chi connectivity index (χ3v) is 4.95. The molecule has 0 radical (unpaired) electrons. The van der Waals surface area contributed by atoms with Crippen LogP contribution in [-0.2, 0) is 14.9 Å². The molecule has 1 aliphatic carbocycles. The molecular weight excluding hydrogens is 288 g/mol. The molecule has 1 aromatic carbocycles. The molecular formula is C19H26N2O2. The fourth-order valence-corrected chi connectivity index (χ4v) is 3.40. The summed E-state index contributed by atoms with van der Waals surface area (Å²) < 4.78 is 5.63. The highest BCUT2D eigenvalue weighted by molar-refractivity contribution is 5.83. The fourth-order valence-electron chi connectivity index (χ4n) is 3.40. The van der Waals surface area contributed by atoms with Gasteiger partial charge in [0.1, 0.15) is 6.61 Å². The van der Waals surface area contributed by atoms with E-state index in [1.165, 1.54) is 0 Å². The van der Waals surface area contributed by atoms with Gasteiger partial charge < -0.3 is 9.64 Å². The van der Waals surface area contributed by atoms with Gasteiger partial charge in [0.05, 0.1) is 17.0 Å². The van der Waals surface area contributed by atoms with E-state index in [1.807, 2.05) is 12.1 Å². The zero-order valence-corrected chi connectivity index (χ0v) is 14.2. The molecule has 0 unspecified atom stereocenters. The quantitative estimate of drug-likeness (QED) is 0.725. The Hall–Kier alpha value is -1.86. The van der Waals surface area contributed by atoms with Gasteiger partial charge in [0.2, 0.25) is 0 Å². The predicted molar refractivity (Wildman–Crippen MR) is 90.1 cm³/mol. The lowest BCUT2D eigenvalue weighted by atomic mass is 9.78. The van der Waals surface area contributed by atoms with Crippen LogP contribution in [0.15, 0.2) is 24.3 Å². The number of likely N-dealkylation sites (N-methyl/N-ethyl adjacent to an activating group) is 1. The van der Waals surface area contributed by atoms with Crippen LogP contribution in [0.4, 0.5) is 0 Å². The van der Waals surface area contributed by atoms with Crippen molar-refractivity contribution < 1.29 is 9.53 Å². The number of rotatable bonds is 7. The van der Waals surface area contributed by atoms with Gasteiger partial charge >= 0.3 is 5.97 Å². The molecule has 0 aromatic heterocycles. The second kappa shape index (κ2) is 8.12. The maximum atomic E-state index is 12.8. The Balaban J connectivity index is 2.07. The van der Waals surface area contributed by atoms with E-state index in [2.05, 4.69) is 24.8 Å². The molecule has 0 spiro atoms. The van der Waals surface area contributed by atoms with Crippen molar-refractivity contribution >= 4 is 5.97 Å². The zero-order chi connectivity index (χ0) is 16.7. The van der Waals surface area contributed by atoms with Crippen molar-refractivity contribution in [1.29, 1.82) is 5.26 Å². The number of carbonyl (C=O) groups is 1. The molecule has 2 rings (SSSR count). The van der Waals surface area contributed by atoms with E-state index in [4.69, 9.17) is 10.00 Å². The molecule has 0 heterocycles. The second-order valence-electron chi connectivity index (χ2n) is 6.14. The molecule has 124 valence electrons. The van der Waals surface area contributed by atoms with Gasteiger partial charge in [-0.25, -0.2) is 0 Å². The van der Waals surface area contributed by atoms with E-state index >= 15 is 0 Å². The topological polar surface area (TPSA) is 53.3 Å². The van der Waals surface area contributed by atoms with Crippen LogP contribution in [0.25, 0.3) is 0 Å². The van der Waals surface area contributed by atoms with E-state index in [0.29, 0.717) is 12.2 Å². The molecule has 0 amide bonds. The number of hydrogen-bond acceptors (Lipinski definition) is 4. The maximum absolute atomic E-state index is 12.8. The molecule has 1 aliphatic rings. The summed E-state index contributed by atoms with van der Waals surface area (Å²) in [5.41, 5.74) is 1.09. The molecule has 23 heavy (non-hydrogen) atoms. The lowest BCUT2D eigenvalue weighted by Crippen LogP contribution is -2.37. The molecule has 1 saturated carbocycles. The third kappa shape index (κ3) is 3.92. The van der Waals surface area contributed by atoms with Crippen molar-refractivity contribution in [3.05, 3.63) is 35.4 Å². The maximum Gasteiger partial charge on any atom is 0.316 e. The largest absolute Gasteiger partial charge is 0.464 e. The summed E-state index contributed by atoms with van der Waals surface area (Å²) in [5, 5.41) is 8.94. The van der Waals surface area contributed by atoms with Crippen molar-refractivity contribution in [2.24, 2.45) is 0 Å². The van der Waals surface area contributed by atoms with Crippen LogP contribution in [0.1, 0.15) is 50.7 Å². The molecule has 0 N–H and O–H groups in total. The minimum atomic E-state index is -0.517. The van der Waals surface area contributed by atoms with Crippen LogP contribution < -0.4 is 0 Å². The molecule has 1 aromatic rings. The van der Waals surface area contributed by atoms with E-state index in [-0.39, 0.29) is 5.97 Å². The molecule has 0 atom stereocenters. The highest BCUT2D eigenvalue weighted by atomic mass is 16.5. The number of benzene rings is 1.